The number of carbonyl (C=O) groups excluding carboxylic acids is 2. The third-order valence-electron chi connectivity index (χ3n) is 9.60. The number of hydrogen-bond acceptors (Lipinski definition) is 10. The van der Waals surface area contributed by atoms with E-state index in [4.69, 9.17) is 18.9 Å². The largest absolute Gasteiger partial charge is 0.504 e. The van der Waals surface area contributed by atoms with Gasteiger partial charge in [-0.05, 0) is 50.8 Å². The number of ether oxygens (including phenoxy) is 4. The van der Waals surface area contributed by atoms with Crippen molar-refractivity contribution in [2.75, 3.05) is 27.5 Å². The maximum atomic E-state index is 13.0. The molecule has 1 amide bonds. The Kier molecular flexibility index (Phi) is 7.62. The summed E-state index contributed by atoms with van der Waals surface area (Å²) in [6.07, 6.45) is 1.33. The van der Waals surface area contributed by atoms with Gasteiger partial charge >= 0.3 is 5.97 Å². The van der Waals surface area contributed by atoms with E-state index in [2.05, 4.69) is 27.3 Å². The predicted octanol–water partition coefficient (Wildman–Crippen LogP) is 3.61. The number of nitrogens with one attached hydrogen (secondary N) is 1. The molecule has 11 nitrogen and oxygen atoms in total. The maximum Gasteiger partial charge on any atom is 0.308 e. The van der Waals surface area contributed by atoms with Crippen LogP contribution < -0.4 is 24.3 Å². The lowest BCUT2D eigenvalue weighted by molar-refractivity contribution is -0.132. The van der Waals surface area contributed by atoms with Crippen molar-refractivity contribution in [1.29, 1.82) is 5.26 Å². The molecule has 0 spiro atoms. The minimum absolute atomic E-state index is 0.0120. The van der Waals surface area contributed by atoms with Crippen LogP contribution in [-0.4, -0.2) is 72.4 Å². The summed E-state index contributed by atoms with van der Waals surface area (Å²) in [7, 11) is 3.55. The number of rotatable bonds is 6. The number of hydrogen-bond donors (Lipinski definition) is 2. The van der Waals surface area contributed by atoms with Crippen molar-refractivity contribution >= 4 is 11.9 Å². The zero-order chi connectivity index (χ0) is 31.6. The molecule has 0 saturated carbocycles. The normalized spacial score (nSPS) is 25.0. The Morgan fingerprint density at radius 1 is 1.16 bits per heavy atom. The van der Waals surface area contributed by atoms with Crippen LogP contribution in [0.4, 0.5) is 0 Å². The number of fused-ring (bicyclic) bond motifs is 9. The van der Waals surface area contributed by atoms with Gasteiger partial charge in [-0.15, -0.1) is 0 Å². The number of aryl methyl sites for hydroxylation is 1. The fraction of sp³-hybridized carbons (Fsp3) is 0.545. The molecule has 0 aromatic heterocycles. The van der Waals surface area contributed by atoms with Crippen LogP contribution >= 0.6 is 0 Å². The van der Waals surface area contributed by atoms with E-state index in [0.29, 0.717) is 47.8 Å². The first-order valence-corrected chi connectivity index (χ1v) is 15.2. The monoisotopic (exact) mass is 604 g/mol. The summed E-state index contributed by atoms with van der Waals surface area (Å²) in [5, 5.41) is 25.5. The fourth-order valence-electron chi connectivity index (χ4n) is 7.96. The van der Waals surface area contributed by atoms with Crippen molar-refractivity contribution in [3.63, 3.8) is 0 Å². The minimum Gasteiger partial charge on any atom is -0.504 e. The summed E-state index contributed by atoms with van der Waals surface area (Å²) >= 11 is 0. The zero-order valence-electron chi connectivity index (χ0n) is 26.3. The van der Waals surface area contributed by atoms with Gasteiger partial charge in [0.2, 0.25) is 12.7 Å². The average Bonchev–Trinajstić information content (AvgIpc) is 3.44. The van der Waals surface area contributed by atoms with Crippen LogP contribution in [0.25, 0.3) is 0 Å². The van der Waals surface area contributed by atoms with Crippen molar-refractivity contribution < 1.29 is 33.6 Å². The topological polar surface area (TPSA) is 134 Å². The highest BCUT2D eigenvalue weighted by molar-refractivity contribution is 5.77. The summed E-state index contributed by atoms with van der Waals surface area (Å²) < 4.78 is 23.5. The molecule has 2 bridgehead atoms. The number of phenols is 1. The van der Waals surface area contributed by atoms with Gasteiger partial charge < -0.3 is 29.4 Å². The number of methoxy groups -OCH3 is 1. The van der Waals surface area contributed by atoms with Crippen LogP contribution in [0.3, 0.4) is 0 Å². The van der Waals surface area contributed by atoms with E-state index < -0.39 is 18.1 Å². The molecule has 1 saturated heterocycles. The van der Waals surface area contributed by atoms with Crippen LogP contribution in [0.1, 0.15) is 72.7 Å². The molecule has 6 rings (SSSR count). The molecule has 5 atom stereocenters. The fourth-order valence-corrected chi connectivity index (χ4v) is 7.96. The highest BCUT2D eigenvalue weighted by Crippen LogP contribution is 2.58. The Labute approximate surface area is 257 Å². The van der Waals surface area contributed by atoms with E-state index in [1.165, 1.54) is 6.92 Å². The molecule has 2 N–H and O–H groups in total. The number of carbonyl (C=O) groups is 2. The molecule has 1 unspecified atom stereocenters. The first-order chi connectivity index (χ1) is 21.0. The van der Waals surface area contributed by atoms with Gasteiger partial charge in [0, 0.05) is 54.2 Å². The van der Waals surface area contributed by atoms with Gasteiger partial charge in [0.05, 0.1) is 25.3 Å². The quantitative estimate of drug-likeness (QED) is 0.372. The summed E-state index contributed by atoms with van der Waals surface area (Å²) in [5.74, 6) is 1.62. The lowest BCUT2D eigenvalue weighted by Crippen LogP contribution is -2.68. The number of aromatic hydroxyl groups is 1. The Hall–Kier alpha value is -4.01. The molecule has 44 heavy (non-hydrogen) atoms. The van der Waals surface area contributed by atoms with Gasteiger partial charge in [-0.3, -0.25) is 19.4 Å². The zero-order valence-corrected chi connectivity index (χ0v) is 26.3. The van der Waals surface area contributed by atoms with Crippen LogP contribution in [0.5, 0.6) is 28.7 Å². The number of likely N-dealkylation sites (N-methyl/N-ethyl adjacent to an activating group) is 1. The smallest absolute Gasteiger partial charge is 0.308 e. The van der Waals surface area contributed by atoms with Gasteiger partial charge in [-0.25, -0.2) is 0 Å². The van der Waals surface area contributed by atoms with Crippen molar-refractivity contribution in [3.8, 4) is 34.8 Å². The number of nitriles is 1. The van der Waals surface area contributed by atoms with Gasteiger partial charge in [-0.2, -0.15) is 5.26 Å². The Bertz CT molecular complexity index is 1580. The first-order valence-electron chi connectivity index (χ1n) is 15.2. The predicted molar refractivity (Wildman–Crippen MR) is 160 cm³/mol. The third kappa shape index (κ3) is 4.54. The van der Waals surface area contributed by atoms with E-state index >= 15 is 0 Å². The van der Waals surface area contributed by atoms with Gasteiger partial charge in [-0.1, -0.05) is 19.9 Å². The number of piperazine rings is 1. The van der Waals surface area contributed by atoms with Gasteiger partial charge in [0.1, 0.15) is 11.8 Å². The molecule has 4 aliphatic rings. The summed E-state index contributed by atoms with van der Waals surface area (Å²) in [4.78, 5) is 29.8. The Morgan fingerprint density at radius 3 is 2.55 bits per heavy atom. The summed E-state index contributed by atoms with van der Waals surface area (Å²) in [6.45, 7) is 9.32. The standard InChI is InChI=1S/C33H40N4O7/c1-15(2)8-25(39)35-13-24-27-20(31(44-18(5)38)17(4)32-33(27)43-14-42-32)11-22-28-26-19(9-16(3)30(41-7)29(26)40)10-21(36(28)6)23(12-34)37(22)24/h9,15,21-24,28,40H,8,10-11,13-14H2,1-7H3,(H,35,39)/t21-,22?,23-,24-,28-/m0/s1. The number of benzene rings is 2. The number of esters is 1. The molecule has 0 radical (unpaired) electrons. The van der Waals surface area contributed by atoms with Crippen LogP contribution in [0, 0.1) is 31.1 Å². The van der Waals surface area contributed by atoms with E-state index in [9.17, 15) is 20.0 Å². The van der Waals surface area contributed by atoms with Crippen LogP contribution in [0.2, 0.25) is 0 Å². The molecular weight excluding hydrogens is 564 g/mol. The van der Waals surface area contributed by atoms with Crippen LogP contribution in [0.15, 0.2) is 6.07 Å². The number of phenolic OH excluding ortho intramolecular Hbond substituents is 1. The molecule has 2 aromatic rings. The molecule has 1 fully saturated rings. The molecular formula is C33H40N4O7. The minimum atomic E-state index is -0.546. The van der Waals surface area contributed by atoms with Crippen molar-refractivity contribution in [3.05, 3.63) is 39.4 Å². The summed E-state index contributed by atoms with van der Waals surface area (Å²) in [6, 6.07) is 2.79. The van der Waals surface area contributed by atoms with E-state index in [-0.39, 0.29) is 49.0 Å². The van der Waals surface area contributed by atoms with Crippen molar-refractivity contribution in [2.24, 2.45) is 5.92 Å². The average molecular weight is 605 g/mol. The second-order valence-electron chi connectivity index (χ2n) is 12.7. The summed E-state index contributed by atoms with van der Waals surface area (Å²) in [5.41, 5.74) is 4.79. The Morgan fingerprint density at radius 2 is 1.89 bits per heavy atom. The van der Waals surface area contributed by atoms with Gasteiger partial charge in [0.25, 0.3) is 0 Å². The van der Waals surface area contributed by atoms with E-state index in [0.717, 1.165) is 27.8 Å². The molecule has 4 aliphatic heterocycles. The second kappa shape index (κ2) is 11.2. The van der Waals surface area contributed by atoms with E-state index in [1.54, 1.807) is 7.11 Å². The molecule has 0 aliphatic carbocycles. The Balaban J connectivity index is 1.59. The first kappa shape index (κ1) is 30.0. The van der Waals surface area contributed by atoms with Crippen molar-refractivity contribution in [2.45, 2.75) is 84.1 Å². The lowest BCUT2D eigenvalue weighted by Gasteiger charge is -2.60. The lowest BCUT2D eigenvalue weighted by atomic mass is 9.71. The highest BCUT2D eigenvalue weighted by Gasteiger charge is 2.56. The molecule has 2 aromatic carbocycles. The number of amides is 1. The molecule has 234 valence electrons. The SMILES string of the molecule is COc1c(C)cc2c(c1O)[C@@H]1C3Cc4c(OC(C)=O)c(C)c5c(c4[C@H](CNC(=O)CC(C)C)N3[C@@H](C#N)[C@H](C2)N1C)OCO5. The third-order valence-corrected chi connectivity index (χ3v) is 9.60. The molecule has 4 heterocycles. The van der Waals surface area contributed by atoms with Gasteiger partial charge in [0.15, 0.2) is 23.0 Å². The maximum absolute atomic E-state index is 13.0. The highest BCUT2D eigenvalue weighted by atomic mass is 16.7. The molecule has 11 heteroatoms. The number of nitrogens with zero attached hydrogens (tertiary/aromatic N) is 3. The van der Waals surface area contributed by atoms with E-state index in [1.807, 2.05) is 34.7 Å². The van der Waals surface area contributed by atoms with Crippen molar-refractivity contribution in [1.82, 2.24) is 15.1 Å². The second-order valence-corrected chi connectivity index (χ2v) is 12.7. The van der Waals surface area contributed by atoms with Crippen LogP contribution in [-0.2, 0) is 22.4 Å².